The highest BCUT2D eigenvalue weighted by atomic mass is 19.2. The van der Waals surface area contributed by atoms with Crippen LogP contribution in [0.1, 0.15) is 73.4 Å². The molecule has 1 unspecified atom stereocenters. The predicted octanol–water partition coefficient (Wildman–Crippen LogP) is 4.77. The zero-order valence-electron chi connectivity index (χ0n) is 30.6. The van der Waals surface area contributed by atoms with E-state index in [1.807, 2.05) is 6.92 Å². The van der Waals surface area contributed by atoms with Gasteiger partial charge in [-0.3, -0.25) is 19.2 Å². The van der Waals surface area contributed by atoms with E-state index in [2.05, 4.69) is 21.3 Å². The van der Waals surface area contributed by atoms with E-state index in [-0.39, 0.29) is 51.4 Å². The van der Waals surface area contributed by atoms with Crippen molar-refractivity contribution in [3.63, 3.8) is 0 Å². The highest BCUT2D eigenvalue weighted by Crippen LogP contribution is 2.30. The monoisotopic (exact) mass is 773 g/mol. The highest BCUT2D eigenvalue weighted by Gasteiger charge is 2.32. The van der Waals surface area contributed by atoms with Crippen LogP contribution in [0.25, 0.3) is 0 Å². The van der Waals surface area contributed by atoms with Crippen molar-refractivity contribution in [2.45, 2.75) is 77.0 Å². The molecule has 12 nitrogen and oxygen atoms in total. The molecule has 0 spiro atoms. The van der Waals surface area contributed by atoms with E-state index in [9.17, 15) is 32.8 Å². The van der Waals surface area contributed by atoms with Crippen LogP contribution < -0.4 is 31.7 Å². The molecular formula is C39H47F4N5O7. The highest BCUT2D eigenvalue weighted by molar-refractivity contribution is 5.95. The Bertz CT molecular complexity index is 1710. The number of Topliss-reactive ketones (excluding diaryl/α,β-unsaturated/α-hetero) is 1. The molecule has 0 saturated carbocycles. The van der Waals surface area contributed by atoms with Gasteiger partial charge in [0.05, 0.1) is 6.04 Å². The summed E-state index contributed by atoms with van der Waals surface area (Å²) < 4.78 is 70.2. The van der Waals surface area contributed by atoms with E-state index < -0.39 is 77.0 Å². The average molecular weight is 774 g/mol. The number of ether oxygens (including phenoxy) is 2. The Morgan fingerprint density at radius 1 is 0.727 bits per heavy atom. The summed E-state index contributed by atoms with van der Waals surface area (Å²) in [5.74, 6) is -13.3. The van der Waals surface area contributed by atoms with E-state index in [0.717, 1.165) is 12.8 Å². The van der Waals surface area contributed by atoms with Crippen molar-refractivity contribution in [2.24, 2.45) is 5.73 Å². The second-order valence-corrected chi connectivity index (χ2v) is 12.6. The third-order valence-corrected chi connectivity index (χ3v) is 8.31. The molecule has 0 radical (unpaired) electrons. The number of halogens is 4. The maximum Gasteiger partial charge on any atom is 0.408 e. The predicted molar refractivity (Wildman–Crippen MR) is 195 cm³/mol. The second-order valence-electron chi connectivity index (χ2n) is 12.6. The zero-order chi connectivity index (χ0) is 40.2. The Morgan fingerprint density at radius 3 is 1.96 bits per heavy atom. The minimum absolute atomic E-state index is 0.00406. The van der Waals surface area contributed by atoms with Gasteiger partial charge in [0.2, 0.25) is 23.4 Å². The summed E-state index contributed by atoms with van der Waals surface area (Å²) in [5, 5.41) is 9.65. The average Bonchev–Trinajstić information content (AvgIpc) is 3.18. The SMILES string of the molecule is CCCCCC(=O)NCCNC(=O)c1c(F)c(F)c(OCC(=O)[C@H](CCCCN)NC(=O)C(Cc2ccccc2)NC(=O)OCc2ccccc2)c(F)c1F. The largest absolute Gasteiger partial charge is 0.479 e. The second kappa shape index (κ2) is 23.3. The molecule has 0 aliphatic rings. The van der Waals surface area contributed by atoms with Crippen LogP contribution >= 0.6 is 0 Å². The lowest BCUT2D eigenvalue weighted by molar-refractivity contribution is -0.130. The number of carbonyl (C=O) groups excluding carboxylic acids is 5. The van der Waals surface area contributed by atoms with Crippen molar-refractivity contribution in [2.75, 3.05) is 26.2 Å². The van der Waals surface area contributed by atoms with Crippen LogP contribution in [0.4, 0.5) is 22.4 Å². The van der Waals surface area contributed by atoms with E-state index in [0.29, 0.717) is 30.4 Å². The van der Waals surface area contributed by atoms with Gasteiger partial charge in [-0.1, -0.05) is 80.4 Å². The quantitative estimate of drug-likeness (QED) is 0.0520. The number of hydrogen-bond acceptors (Lipinski definition) is 8. The van der Waals surface area contributed by atoms with Crippen LogP contribution in [0, 0.1) is 23.3 Å². The third kappa shape index (κ3) is 14.3. The van der Waals surface area contributed by atoms with Gasteiger partial charge in [-0.2, -0.15) is 8.78 Å². The maximum absolute atomic E-state index is 15.0. The summed E-state index contributed by atoms with van der Waals surface area (Å²) in [4.78, 5) is 63.9. The fourth-order valence-corrected chi connectivity index (χ4v) is 5.32. The standard InChI is InChI=1S/C39H47F4N5O7/c1-2-3-6-18-30(50)45-20-21-46-38(52)31-32(40)34(42)36(35(43)33(31)41)54-24-29(49)27(17-11-12-19-44)47-37(51)28(22-25-13-7-4-8-14-25)48-39(53)55-23-26-15-9-5-10-16-26/h4-5,7-10,13-16,27-28H,2-3,6,11-12,17-24,44H2,1H3,(H,45,50)(H,46,52)(H,47,51)(H,48,53)/t27-,28?/m0/s1. The molecule has 0 aliphatic heterocycles. The topological polar surface area (TPSA) is 178 Å². The minimum atomic E-state index is -2.07. The smallest absolute Gasteiger partial charge is 0.408 e. The zero-order valence-corrected chi connectivity index (χ0v) is 30.6. The molecule has 3 rings (SSSR count). The van der Waals surface area contributed by atoms with Gasteiger partial charge in [0.1, 0.15) is 24.8 Å². The minimum Gasteiger partial charge on any atom is -0.479 e. The molecule has 0 heterocycles. The molecule has 4 amide bonds. The lowest BCUT2D eigenvalue weighted by Gasteiger charge is -2.23. The first-order valence-corrected chi connectivity index (χ1v) is 18.0. The van der Waals surface area contributed by atoms with Crippen LogP contribution in [-0.2, 0) is 32.1 Å². The first-order chi connectivity index (χ1) is 26.5. The third-order valence-electron chi connectivity index (χ3n) is 8.31. The molecule has 0 bridgehead atoms. The molecule has 16 heteroatoms. The number of rotatable bonds is 23. The molecule has 2 atom stereocenters. The summed E-state index contributed by atoms with van der Waals surface area (Å²) >= 11 is 0. The van der Waals surface area contributed by atoms with Crippen molar-refractivity contribution in [3.8, 4) is 5.75 Å². The number of hydrogen-bond donors (Lipinski definition) is 5. The van der Waals surface area contributed by atoms with Gasteiger partial charge in [-0.05, 0) is 43.4 Å². The molecule has 0 saturated heterocycles. The fraction of sp³-hybridized carbons (Fsp3) is 0.410. The fourth-order valence-electron chi connectivity index (χ4n) is 5.32. The molecule has 0 fully saturated rings. The van der Waals surface area contributed by atoms with Crippen molar-refractivity contribution in [1.29, 1.82) is 0 Å². The van der Waals surface area contributed by atoms with Crippen LogP contribution in [0.3, 0.4) is 0 Å². The normalized spacial score (nSPS) is 11.9. The van der Waals surface area contributed by atoms with E-state index in [1.54, 1.807) is 60.7 Å². The van der Waals surface area contributed by atoms with Crippen molar-refractivity contribution < 1.29 is 51.0 Å². The van der Waals surface area contributed by atoms with Crippen LogP contribution in [0.5, 0.6) is 5.75 Å². The van der Waals surface area contributed by atoms with E-state index >= 15 is 8.78 Å². The Hall–Kier alpha value is -5.51. The number of nitrogens with two attached hydrogens (primary N) is 1. The molecule has 3 aromatic rings. The van der Waals surface area contributed by atoms with Crippen LogP contribution in [0.2, 0.25) is 0 Å². The number of amides is 4. The van der Waals surface area contributed by atoms with Crippen molar-refractivity contribution >= 4 is 29.6 Å². The van der Waals surface area contributed by atoms with Crippen molar-refractivity contribution in [3.05, 3.63) is 101 Å². The van der Waals surface area contributed by atoms with Gasteiger partial charge in [0, 0.05) is 25.9 Å². The first-order valence-electron chi connectivity index (χ1n) is 18.0. The lowest BCUT2D eigenvalue weighted by Crippen LogP contribution is -2.53. The lowest BCUT2D eigenvalue weighted by atomic mass is 10.0. The van der Waals surface area contributed by atoms with Gasteiger partial charge in [-0.25, -0.2) is 13.6 Å². The summed E-state index contributed by atoms with van der Waals surface area (Å²) in [7, 11) is 0. The van der Waals surface area contributed by atoms with Crippen LogP contribution in [0.15, 0.2) is 60.7 Å². The van der Waals surface area contributed by atoms with Gasteiger partial charge in [0.15, 0.2) is 23.2 Å². The first kappa shape index (κ1) is 43.9. The molecule has 298 valence electrons. The molecular weight excluding hydrogens is 726 g/mol. The number of alkyl carbamates (subject to hydrolysis) is 1. The number of nitrogens with one attached hydrogen (secondary N) is 4. The Kier molecular flexibility index (Phi) is 18.6. The number of benzene rings is 3. The Labute approximate surface area is 316 Å². The molecule has 0 aliphatic carbocycles. The van der Waals surface area contributed by atoms with Gasteiger partial charge >= 0.3 is 6.09 Å². The number of ketones is 1. The molecule has 6 N–H and O–H groups in total. The molecule has 55 heavy (non-hydrogen) atoms. The summed E-state index contributed by atoms with van der Waals surface area (Å²) in [6, 6.07) is 14.9. The summed E-state index contributed by atoms with van der Waals surface area (Å²) in [6.07, 6.45) is 2.51. The van der Waals surface area contributed by atoms with Crippen LogP contribution in [-0.4, -0.2) is 67.9 Å². The van der Waals surface area contributed by atoms with Crippen molar-refractivity contribution in [1.82, 2.24) is 21.3 Å². The number of carbonyl (C=O) groups is 5. The van der Waals surface area contributed by atoms with Gasteiger partial charge in [-0.15, -0.1) is 0 Å². The Balaban J connectivity index is 1.70. The van der Waals surface area contributed by atoms with Gasteiger partial charge in [0.25, 0.3) is 5.91 Å². The Morgan fingerprint density at radius 2 is 1.35 bits per heavy atom. The molecule has 0 aromatic heterocycles. The summed E-state index contributed by atoms with van der Waals surface area (Å²) in [5.41, 5.74) is 5.39. The van der Waals surface area contributed by atoms with E-state index in [1.165, 1.54) is 0 Å². The molecule has 3 aromatic carbocycles. The van der Waals surface area contributed by atoms with Gasteiger partial charge < -0.3 is 36.5 Å². The van der Waals surface area contributed by atoms with E-state index in [4.69, 9.17) is 15.2 Å². The summed E-state index contributed by atoms with van der Waals surface area (Å²) in [6.45, 7) is 0.611. The maximum atomic E-state index is 15.0. The number of unbranched alkanes of at least 4 members (excludes halogenated alkanes) is 3.